The molecule has 0 aromatic heterocycles. The molecule has 1 heterocycles. The highest BCUT2D eigenvalue weighted by atomic mass is 16.5. The van der Waals surface area contributed by atoms with E-state index in [1.165, 1.54) is 0 Å². The second kappa shape index (κ2) is 6.43. The smallest absolute Gasteiger partial charge is 0.104 e. The summed E-state index contributed by atoms with van der Waals surface area (Å²) in [5.41, 5.74) is 5.56. The first kappa shape index (κ1) is 12.9. The molecule has 15 heavy (non-hydrogen) atoms. The van der Waals surface area contributed by atoms with E-state index in [9.17, 15) is 0 Å². The molecule has 0 radical (unpaired) electrons. The Bertz CT molecular complexity index is 168. The van der Waals surface area contributed by atoms with Gasteiger partial charge in [-0.1, -0.05) is 0 Å². The molecule has 90 valence electrons. The van der Waals surface area contributed by atoms with Crippen molar-refractivity contribution in [3.63, 3.8) is 0 Å². The molecule has 1 saturated heterocycles. The van der Waals surface area contributed by atoms with Gasteiger partial charge in [0, 0.05) is 19.8 Å². The van der Waals surface area contributed by atoms with Crippen molar-refractivity contribution in [2.75, 3.05) is 47.0 Å². The van der Waals surface area contributed by atoms with E-state index in [0.717, 1.165) is 39.0 Å². The van der Waals surface area contributed by atoms with E-state index >= 15 is 0 Å². The molecule has 0 aromatic carbocycles. The summed E-state index contributed by atoms with van der Waals surface area (Å²) in [6.07, 6.45) is 3.14. The van der Waals surface area contributed by atoms with Gasteiger partial charge in [-0.3, -0.25) is 0 Å². The van der Waals surface area contributed by atoms with Crippen LogP contribution in [0.25, 0.3) is 0 Å². The molecule has 1 aliphatic heterocycles. The molecule has 1 rings (SSSR count). The molecule has 0 bridgehead atoms. The Morgan fingerprint density at radius 2 is 2.27 bits per heavy atom. The number of rotatable bonds is 6. The minimum Gasteiger partial charge on any atom is -0.378 e. The predicted octanol–water partition coefficient (Wildman–Crippen LogP) is 0.463. The fourth-order valence-corrected chi connectivity index (χ4v) is 1.83. The van der Waals surface area contributed by atoms with E-state index in [0.29, 0.717) is 13.2 Å². The largest absolute Gasteiger partial charge is 0.378 e. The van der Waals surface area contributed by atoms with Gasteiger partial charge in [-0.05, 0) is 39.9 Å². The van der Waals surface area contributed by atoms with E-state index in [1.807, 2.05) is 0 Å². The third-order valence-corrected chi connectivity index (χ3v) is 2.82. The molecule has 4 nitrogen and oxygen atoms in total. The predicted molar refractivity (Wildman–Crippen MR) is 61.0 cm³/mol. The van der Waals surface area contributed by atoms with Crippen molar-refractivity contribution in [2.45, 2.75) is 24.9 Å². The number of hydrogen-bond acceptors (Lipinski definition) is 4. The number of nitrogens with two attached hydrogens (primary N) is 1. The van der Waals surface area contributed by atoms with Crippen LogP contribution in [0, 0.1) is 0 Å². The van der Waals surface area contributed by atoms with Crippen LogP contribution in [-0.4, -0.2) is 57.5 Å². The summed E-state index contributed by atoms with van der Waals surface area (Å²) in [5, 5.41) is 0. The minimum absolute atomic E-state index is 0.204. The summed E-state index contributed by atoms with van der Waals surface area (Å²) in [6, 6.07) is 0. The topological polar surface area (TPSA) is 47.7 Å². The van der Waals surface area contributed by atoms with Crippen LogP contribution in [0.2, 0.25) is 0 Å². The highest BCUT2D eigenvalue weighted by Crippen LogP contribution is 2.22. The van der Waals surface area contributed by atoms with Gasteiger partial charge in [0.15, 0.2) is 0 Å². The molecule has 1 aliphatic rings. The standard InChI is InChI=1S/C11H24N2O2/c1-13(2)6-4-8-15-11(9-12)5-3-7-14-10-11/h3-10,12H2,1-2H3. The van der Waals surface area contributed by atoms with Crippen LogP contribution in [0.1, 0.15) is 19.3 Å². The van der Waals surface area contributed by atoms with Crippen molar-refractivity contribution in [1.29, 1.82) is 0 Å². The van der Waals surface area contributed by atoms with Gasteiger partial charge in [0.05, 0.1) is 6.61 Å². The van der Waals surface area contributed by atoms with E-state index in [-0.39, 0.29) is 5.60 Å². The zero-order valence-electron chi connectivity index (χ0n) is 10.00. The Morgan fingerprint density at radius 3 is 2.80 bits per heavy atom. The monoisotopic (exact) mass is 216 g/mol. The number of nitrogens with zero attached hydrogens (tertiary/aromatic N) is 1. The van der Waals surface area contributed by atoms with Crippen LogP contribution in [0.5, 0.6) is 0 Å². The molecule has 4 heteroatoms. The van der Waals surface area contributed by atoms with Crippen molar-refractivity contribution in [1.82, 2.24) is 4.90 Å². The van der Waals surface area contributed by atoms with Crippen LogP contribution >= 0.6 is 0 Å². The van der Waals surface area contributed by atoms with Crippen molar-refractivity contribution in [3.05, 3.63) is 0 Å². The second-order valence-electron chi connectivity index (χ2n) is 4.55. The van der Waals surface area contributed by atoms with Crippen LogP contribution in [0.4, 0.5) is 0 Å². The quantitative estimate of drug-likeness (QED) is 0.655. The van der Waals surface area contributed by atoms with E-state index in [1.54, 1.807) is 0 Å². The summed E-state index contributed by atoms with van der Waals surface area (Å²) >= 11 is 0. The molecular weight excluding hydrogens is 192 g/mol. The van der Waals surface area contributed by atoms with E-state index in [2.05, 4.69) is 19.0 Å². The first-order valence-electron chi connectivity index (χ1n) is 5.75. The summed E-state index contributed by atoms with van der Waals surface area (Å²) in [7, 11) is 4.14. The molecule has 0 aromatic rings. The minimum atomic E-state index is -0.204. The Balaban J connectivity index is 2.20. The van der Waals surface area contributed by atoms with Gasteiger partial charge in [0.1, 0.15) is 5.60 Å². The molecule has 1 fully saturated rings. The van der Waals surface area contributed by atoms with Crippen molar-refractivity contribution >= 4 is 0 Å². The van der Waals surface area contributed by atoms with Crippen LogP contribution in [0.15, 0.2) is 0 Å². The lowest BCUT2D eigenvalue weighted by atomic mass is 9.96. The Hall–Kier alpha value is -0.160. The van der Waals surface area contributed by atoms with Gasteiger partial charge in [-0.25, -0.2) is 0 Å². The first-order valence-corrected chi connectivity index (χ1v) is 5.75. The summed E-state index contributed by atoms with van der Waals surface area (Å²) < 4.78 is 11.3. The van der Waals surface area contributed by atoms with E-state index < -0.39 is 0 Å². The Kier molecular flexibility index (Phi) is 5.53. The van der Waals surface area contributed by atoms with Crippen molar-refractivity contribution < 1.29 is 9.47 Å². The van der Waals surface area contributed by atoms with Crippen molar-refractivity contribution in [2.24, 2.45) is 5.73 Å². The average Bonchev–Trinajstić information content (AvgIpc) is 2.26. The molecule has 0 amide bonds. The SMILES string of the molecule is CN(C)CCCOC1(CN)CCCOC1. The zero-order chi connectivity index (χ0) is 11.1. The van der Waals surface area contributed by atoms with Crippen LogP contribution in [-0.2, 0) is 9.47 Å². The highest BCUT2D eigenvalue weighted by molar-refractivity contribution is 4.84. The fourth-order valence-electron chi connectivity index (χ4n) is 1.83. The molecule has 0 saturated carbocycles. The van der Waals surface area contributed by atoms with Gasteiger partial charge >= 0.3 is 0 Å². The second-order valence-corrected chi connectivity index (χ2v) is 4.55. The third-order valence-electron chi connectivity index (χ3n) is 2.82. The number of ether oxygens (including phenoxy) is 2. The summed E-state index contributed by atoms with van der Waals surface area (Å²) in [5.74, 6) is 0. The Morgan fingerprint density at radius 1 is 1.47 bits per heavy atom. The summed E-state index contributed by atoms with van der Waals surface area (Å²) in [6.45, 7) is 3.91. The molecule has 1 unspecified atom stereocenters. The molecular formula is C11H24N2O2. The van der Waals surface area contributed by atoms with Gasteiger partial charge in [-0.15, -0.1) is 0 Å². The zero-order valence-corrected chi connectivity index (χ0v) is 10.00. The fraction of sp³-hybridized carbons (Fsp3) is 1.00. The highest BCUT2D eigenvalue weighted by Gasteiger charge is 2.32. The Labute approximate surface area is 92.7 Å². The molecule has 2 N–H and O–H groups in total. The molecule has 0 aliphatic carbocycles. The maximum Gasteiger partial charge on any atom is 0.104 e. The molecule has 0 spiro atoms. The summed E-state index contributed by atoms with van der Waals surface area (Å²) in [4.78, 5) is 2.16. The maximum absolute atomic E-state index is 5.89. The van der Waals surface area contributed by atoms with Crippen molar-refractivity contribution in [3.8, 4) is 0 Å². The molecule has 1 atom stereocenters. The average molecular weight is 216 g/mol. The first-order chi connectivity index (χ1) is 7.18. The van der Waals surface area contributed by atoms with Crippen LogP contribution < -0.4 is 5.73 Å². The van der Waals surface area contributed by atoms with Gasteiger partial charge in [0.2, 0.25) is 0 Å². The maximum atomic E-state index is 5.89. The van der Waals surface area contributed by atoms with E-state index in [4.69, 9.17) is 15.2 Å². The van der Waals surface area contributed by atoms with Gasteiger partial charge < -0.3 is 20.1 Å². The number of hydrogen-bond donors (Lipinski definition) is 1. The van der Waals surface area contributed by atoms with Gasteiger partial charge in [0.25, 0.3) is 0 Å². The lowest BCUT2D eigenvalue weighted by Gasteiger charge is -2.36. The lowest BCUT2D eigenvalue weighted by molar-refractivity contribution is -0.123. The normalized spacial score (nSPS) is 27.2. The lowest BCUT2D eigenvalue weighted by Crippen LogP contribution is -2.48. The third kappa shape index (κ3) is 4.47. The van der Waals surface area contributed by atoms with Gasteiger partial charge in [-0.2, -0.15) is 0 Å². The van der Waals surface area contributed by atoms with Crippen LogP contribution in [0.3, 0.4) is 0 Å².